The quantitative estimate of drug-likeness (QED) is 0.431. The molecule has 1 saturated carbocycles. The van der Waals surface area contributed by atoms with Crippen molar-refractivity contribution in [2.24, 2.45) is 5.92 Å². The molecule has 3 N–H and O–H groups in total. The van der Waals surface area contributed by atoms with Gasteiger partial charge in [-0.1, -0.05) is 17.7 Å². The molecule has 0 saturated heterocycles. The molecule has 1 aliphatic heterocycles. The van der Waals surface area contributed by atoms with Crippen molar-refractivity contribution in [1.29, 1.82) is 0 Å². The Labute approximate surface area is 206 Å². The molecular weight excluding hydrogens is 452 g/mol. The zero-order valence-corrected chi connectivity index (χ0v) is 20.8. The van der Waals surface area contributed by atoms with Crippen LogP contribution in [0.2, 0.25) is 5.02 Å². The van der Waals surface area contributed by atoms with E-state index in [1.165, 1.54) is 12.0 Å². The van der Waals surface area contributed by atoms with Crippen molar-refractivity contribution in [1.82, 2.24) is 15.3 Å². The smallest absolute Gasteiger partial charge is 0.320 e. The molecule has 0 spiro atoms. The maximum Gasteiger partial charge on any atom is 0.320 e. The maximum absolute atomic E-state index is 11.7. The third-order valence-corrected chi connectivity index (χ3v) is 7.28. The van der Waals surface area contributed by atoms with E-state index in [0.29, 0.717) is 30.5 Å². The summed E-state index contributed by atoms with van der Waals surface area (Å²) >= 11 is 6.32. The summed E-state index contributed by atoms with van der Waals surface area (Å²) in [5, 5.41) is 16.7. The topological polar surface area (TPSA) is 96.4 Å². The summed E-state index contributed by atoms with van der Waals surface area (Å²) in [6.07, 6.45) is 7.14. The van der Waals surface area contributed by atoms with E-state index in [9.17, 15) is 9.90 Å². The number of pyridine rings is 2. The van der Waals surface area contributed by atoms with Gasteiger partial charge in [0, 0.05) is 47.4 Å². The molecule has 1 fully saturated rings. The first-order valence-corrected chi connectivity index (χ1v) is 12.7. The second kappa shape index (κ2) is 11.5. The zero-order valence-electron chi connectivity index (χ0n) is 20.1. The summed E-state index contributed by atoms with van der Waals surface area (Å²) in [5.74, 6) is 0.843. The van der Waals surface area contributed by atoms with E-state index < -0.39 is 12.0 Å². The van der Waals surface area contributed by atoms with Crippen LogP contribution < -0.4 is 10.6 Å². The van der Waals surface area contributed by atoms with Gasteiger partial charge in [0.2, 0.25) is 0 Å². The molecule has 2 aliphatic rings. The summed E-state index contributed by atoms with van der Waals surface area (Å²) < 4.78 is 5.96. The van der Waals surface area contributed by atoms with E-state index in [4.69, 9.17) is 21.3 Å². The largest absolute Gasteiger partial charge is 0.480 e. The van der Waals surface area contributed by atoms with E-state index in [0.717, 1.165) is 67.1 Å². The molecule has 2 aromatic rings. The van der Waals surface area contributed by atoms with Crippen LogP contribution in [0.15, 0.2) is 18.2 Å². The number of nitrogens with zero attached hydrogens (tertiary/aromatic N) is 2. The fourth-order valence-electron chi connectivity index (χ4n) is 4.82. The fourth-order valence-corrected chi connectivity index (χ4v) is 5.18. The molecule has 1 aliphatic carbocycles. The number of aromatic nitrogens is 2. The number of nitrogens with one attached hydrogen (secondary N) is 2. The molecule has 8 heteroatoms. The van der Waals surface area contributed by atoms with Gasteiger partial charge in [0.25, 0.3) is 0 Å². The Kier molecular flexibility index (Phi) is 8.40. The predicted octanol–water partition coefficient (Wildman–Crippen LogP) is 4.47. The molecule has 0 unspecified atom stereocenters. The number of halogens is 1. The highest BCUT2D eigenvalue weighted by Crippen LogP contribution is 2.34. The predicted molar refractivity (Wildman–Crippen MR) is 133 cm³/mol. The lowest BCUT2D eigenvalue weighted by atomic mass is 9.79. The van der Waals surface area contributed by atoms with Crippen LogP contribution in [0.1, 0.15) is 60.3 Å². The number of carbonyl (C=O) groups is 1. The Bertz CT molecular complexity index is 987. The van der Waals surface area contributed by atoms with E-state index in [-0.39, 0.29) is 6.10 Å². The third kappa shape index (κ3) is 6.46. The minimum absolute atomic E-state index is 0.232. The molecule has 2 aromatic heterocycles. The van der Waals surface area contributed by atoms with Crippen molar-refractivity contribution in [2.45, 2.75) is 77.5 Å². The zero-order chi connectivity index (χ0) is 24.1. The normalized spacial score (nSPS) is 20.2. The molecule has 3 heterocycles. The molecule has 4 rings (SSSR count). The molecule has 34 heavy (non-hydrogen) atoms. The molecular formula is C26H35ClN4O3. The molecule has 0 aromatic carbocycles. The second-order valence-corrected chi connectivity index (χ2v) is 9.99. The van der Waals surface area contributed by atoms with Gasteiger partial charge < -0.3 is 20.5 Å². The Balaban J connectivity index is 1.14. The van der Waals surface area contributed by atoms with Crippen LogP contribution in [-0.4, -0.2) is 46.3 Å². The average Bonchev–Trinajstić information content (AvgIpc) is 2.77. The monoisotopic (exact) mass is 486 g/mol. The van der Waals surface area contributed by atoms with Crippen LogP contribution in [0.25, 0.3) is 0 Å². The van der Waals surface area contributed by atoms with E-state index in [1.807, 2.05) is 13.8 Å². The number of fused-ring (bicyclic) bond motifs is 1. The Morgan fingerprint density at radius 2 is 2.15 bits per heavy atom. The Morgan fingerprint density at radius 3 is 2.91 bits per heavy atom. The van der Waals surface area contributed by atoms with Crippen molar-refractivity contribution in [2.75, 3.05) is 18.5 Å². The Morgan fingerprint density at radius 1 is 1.32 bits per heavy atom. The van der Waals surface area contributed by atoms with Crippen LogP contribution in [-0.2, 0) is 28.9 Å². The number of carboxylic acids is 1. The highest BCUT2D eigenvalue weighted by molar-refractivity contribution is 6.31. The number of hydrogen-bond donors (Lipinski definition) is 3. The first-order chi connectivity index (χ1) is 16.4. The number of anilines is 1. The van der Waals surface area contributed by atoms with Gasteiger partial charge in [0.05, 0.1) is 6.10 Å². The number of ether oxygens (including phenoxy) is 1. The summed E-state index contributed by atoms with van der Waals surface area (Å²) in [6, 6.07) is 5.50. The highest BCUT2D eigenvalue weighted by Gasteiger charge is 2.30. The molecule has 0 radical (unpaired) electrons. The van der Waals surface area contributed by atoms with Gasteiger partial charge in [0.15, 0.2) is 0 Å². The minimum Gasteiger partial charge on any atom is -0.480 e. The first kappa shape index (κ1) is 24.9. The van der Waals surface area contributed by atoms with Gasteiger partial charge in [0.1, 0.15) is 11.9 Å². The van der Waals surface area contributed by atoms with Crippen molar-refractivity contribution in [3.63, 3.8) is 0 Å². The number of aryl methyl sites for hydroxylation is 4. The van der Waals surface area contributed by atoms with Crippen molar-refractivity contribution >= 4 is 23.4 Å². The molecule has 0 amide bonds. The van der Waals surface area contributed by atoms with E-state index >= 15 is 0 Å². The van der Waals surface area contributed by atoms with Crippen molar-refractivity contribution in [3.8, 4) is 0 Å². The first-order valence-electron chi connectivity index (χ1n) is 12.3. The van der Waals surface area contributed by atoms with Gasteiger partial charge in [-0.25, -0.2) is 4.98 Å². The van der Waals surface area contributed by atoms with Crippen LogP contribution in [0.5, 0.6) is 0 Å². The lowest BCUT2D eigenvalue weighted by molar-refractivity contribution is -0.140. The standard InChI is InChI=1S/C26H35ClN4O3/c1-16-12-23(27)22(17(2)30-16)15-29-24(26(32)33)9-11-34-21-13-18(14-21)5-7-20-8-6-19-4-3-10-28-25(19)31-20/h6,8,12,18,21,24,29H,3-5,7,9-11,13-15H2,1-2H3,(H,28,31)(H,32,33)/t18?,21?,24-/m0/s1. The van der Waals surface area contributed by atoms with Crippen LogP contribution >= 0.6 is 11.6 Å². The Hall–Kier alpha value is -2.22. The lowest BCUT2D eigenvalue weighted by Crippen LogP contribution is -2.39. The summed E-state index contributed by atoms with van der Waals surface area (Å²) in [6.45, 7) is 5.59. The summed E-state index contributed by atoms with van der Waals surface area (Å²) in [4.78, 5) is 20.9. The van der Waals surface area contributed by atoms with Gasteiger partial charge in [-0.3, -0.25) is 9.78 Å². The van der Waals surface area contributed by atoms with Gasteiger partial charge in [-0.15, -0.1) is 0 Å². The van der Waals surface area contributed by atoms with Crippen LogP contribution in [0, 0.1) is 19.8 Å². The average molecular weight is 487 g/mol. The van der Waals surface area contributed by atoms with Crippen molar-refractivity contribution in [3.05, 3.63) is 51.4 Å². The van der Waals surface area contributed by atoms with E-state index in [2.05, 4.69) is 27.8 Å². The SMILES string of the molecule is Cc1cc(Cl)c(CN[C@@H](CCOC2CC(CCc3ccc4c(n3)NCCC4)C2)C(=O)O)c(C)n1. The van der Waals surface area contributed by atoms with Gasteiger partial charge >= 0.3 is 5.97 Å². The lowest BCUT2D eigenvalue weighted by Gasteiger charge is -2.35. The van der Waals surface area contributed by atoms with Gasteiger partial charge in [-0.2, -0.15) is 0 Å². The third-order valence-electron chi connectivity index (χ3n) is 6.94. The van der Waals surface area contributed by atoms with Gasteiger partial charge in [-0.05, 0) is 82.4 Å². The minimum atomic E-state index is -0.879. The summed E-state index contributed by atoms with van der Waals surface area (Å²) in [5.41, 5.74) is 5.00. The number of rotatable bonds is 11. The molecule has 184 valence electrons. The molecule has 0 bridgehead atoms. The molecule has 7 nitrogen and oxygen atoms in total. The van der Waals surface area contributed by atoms with Crippen LogP contribution in [0.4, 0.5) is 5.82 Å². The highest BCUT2D eigenvalue weighted by atomic mass is 35.5. The van der Waals surface area contributed by atoms with E-state index in [1.54, 1.807) is 6.07 Å². The maximum atomic E-state index is 11.7. The molecule has 1 atom stereocenters. The van der Waals surface area contributed by atoms with Crippen molar-refractivity contribution < 1.29 is 14.6 Å². The van der Waals surface area contributed by atoms with Crippen LogP contribution in [0.3, 0.4) is 0 Å². The fraction of sp³-hybridized carbons (Fsp3) is 0.577. The number of carboxylic acid groups (broad SMARTS) is 1. The number of aliphatic carboxylic acids is 1. The summed E-state index contributed by atoms with van der Waals surface area (Å²) in [7, 11) is 0. The second-order valence-electron chi connectivity index (χ2n) is 9.58. The number of hydrogen-bond acceptors (Lipinski definition) is 6.